The standard InChI is InChI=1S/C14H27N3O2/c1-11(2)3-4-12-5-7-17(8-6-12)14(19)10-16-13(18)9-15/h11-12H,3-10,15H2,1-2H3,(H,16,18). The molecule has 0 atom stereocenters. The van der Waals surface area contributed by atoms with E-state index in [1.54, 1.807) is 0 Å². The van der Waals surface area contributed by atoms with Crippen LogP contribution in [-0.4, -0.2) is 42.9 Å². The topological polar surface area (TPSA) is 75.4 Å². The van der Waals surface area contributed by atoms with Gasteiger partial charge in [0.1, 0.15) is 0 Å². The zero-order chi connectivity index (χ0) is 14.3. The molecule has 0 aromatic rings. The zero-order valence-corrected chi connectivity index (χ0v) is 12.2. The largest absolute Gasteiger partial charge is 0.346 e. The van der Waals surface area contributed by atoms with E-state index in [0.717, 1.165) is 37.8 Å². The van der Waals surface area contributed by atoms with Gasteiger partial charge in [-0.05, 0) is 24.7 Å². The number of carbonyl (C=O) groups is 2. The molecule has 19 heavy (non-hydrogen) atoms. The summed E-state index contributed by atoms with van der Waals surface area (Å²) in [5, 5.41) is 2.53. The van der Waals surface area contributed by atoms with Gasteiger partial charge < -0.3 is 16.0 Å². The fourth-order valence-electron chi connectivity index (χ4n) is 2.40. The molecule has 0 aliphatic carbocycles. The lowest BCUT2D eigenvalue weighted by Crippen LogP contribution is -2.45. The van der Waals surface area contributed by atoms with Gasteiger partial charge in [-0.25, -0.2) is 0 Å². The van der Waals surface area contributed by atoms with Gasteiger partial charge in [-0.3, -0.25) is 9.59 Å². The molecule has 1 aliphatic rings. The van der Waals surface area contributed by atoms with Gasteiger partial charge in [0.15, 0.2) is 0 Å². The molecule has 1 aliphatic heterocycles. The summed E-state index contributed by atoms with van der Waals surface area (Å²) < 4.78 is 0. The van der Waals surface area contributed by atoms with Crippen molar-refractivity contribution >= 4 is 11.8 Å². The van der Waals surface area contributed by atoms with Crippen molar-refractivity contribution in [3.8, 4) is 0 Å². The van der Waals surface area contributed by atoms with Crippen molar-refractivity contribution in [2.45, 2.75) is 39.5 Å². The van der Waals surface area contributed by atoms with Crippen molar-refractivity contribution in [1.29, 1.82) is 0 Å². The van der Waals surface area contributed by atoms with Crippen LogP contribution in [0.3, 0.4) is 0 Å². The van der Waals surface area contributed by atoms with Gasteiger partial charge in [0.2, 0.25) is 11.8 Å². The van der Waals surface area contributed by atoms with Gasteiger partial charge in [-0.15, -0.1) is 0 Å². The van der Waals surface area contributed by atoms with E-state index in [4.69, 9.17) is 5.73 Å². The summed E-state index contributed by atoms with van der Waals surface area (Å²) in [7, 11) is 0. The Balaban J connectivity index is 2.21. The lowest BCUT2D eigenvalue weighted by Gasteiger charge is -2.32. The maximum absolute atomic E-state index is 11.9. The lowest BCUT2D eigenvalue weighted by atomic mass is 9.89. The van der Waals surface area contributed by atoms with Crippen LogP contribution in [0.25, 0.3) is 0 Å². The molecule has 110 valence electrons. The predicted octanol–water partition coefficient (Wildman–Crippen LogP) is 0.736. The highest BCUT2D eigenvalue weighted by molar-refractivity contribution is 5.85. The fourth-order valence-corrected chi connectivity index (χ4v) is 2.40. The fraction of sp³-hybridized carbons (Fsp3) is 0.857. The van der Waals surface area contributed by atoms with Gasteiger partial charge in [0.05, 0.1) is 13.1 Å². The van der Waals surface area contributed by atoms with Crippen molar-refractivity contribution in [2.75, 3.05) is 26.2 Å². The Bertz CT molecular complexity index is 297. The third-order valence-corrected chi connectivity index (χ3v) is 3.74. The minimum Gasteiger partial charge on any atom is -0.346 e. The summed E-state index contributed by atoms with van der Waals surface area (Å²) in [6.45, 7) is 6.15. The summed E-state index contributed by atoms with van der Waals surface area (Å²) >= 11 is 0. The average molecular weight is 269 g/mol. The van der Waals surface area contributed by atoms with Crippen LogP contribution in [-0.2, 0) is 9.59 Å². The second kappa shape index (κ2) is 8.15. The molecular formula is C14H27N3O2. The average Bonchev–Trinajstić information content (AvgIpc) is 2.42. The SMILES string of the molecule is CC(C)CCC1CCN(C(=O)CNC(=O)CN)CC1. The normalized spacial score (nSPS) is 16.7. The molecule has 0 aromatic heterocycles. The van der Waals surface area contributed by atoms with E-state index < -0.39 is 0 Å². The number of rotatable bonds is 6. The highest BCUT2D eigenvalue weighted by Gasteiger charge is 2.22. The Labute approximate surface area is 115 Å². The van der Waals surface area contributed by atoms with Crippen molar-refractivity contribution in [3.05, 3.63) is 0 Å². The van der Waals surface area contributed by atoms with E-state index in [1.165, 1.54) is 12.8 Å². The van der Waals surface area contributed by atoms with Crippen LogP contribution in [0.5, 0.6) is 0 Å². The molecule has 0 bridgehead atoms. The second-order valence-electron chi connectivity index (χ2n) is 5.78. The Morgan fingerprint density at radius 1 is 1.32 bits per heavy atom. The van der Waals surface area contributed by atoms with E-state index in [-0.39, 0.29) is 24.9 Å². The lowest BCUT2D eigenvalue weighted by molar-refractivity contribution is -0.133. The number of nitrogens with two attached hydrogens (primary N) is 1. The number of nitrogens with one attached hydrogen (secondary N) is 1. The van der Waals surface area contributed by atoms with Crippen LogP contribution >= 0.6 is 0 Å². The van der Waals surface area contributed by atoms with Crippen molar-refractivity contribution < 1.29 is 9.59 Å². The number of piperidine rings is 1. The first-order valence-electron chi connectivity index (χ1n) is 7.27. The molecule has 5 heteroatoms. The molecule has 1 rings (SSSR count). The molecule has 1 saturated heterocycles. The van der Waals surface area contributed by atoms with Crippen LogP contribution in [0, 0.1) is 11.8 Å². The van der Waals surface area contributed by atoms with Gasteiger partial charge in [0, 0.05) is 13.1 Å². The van der Waals surface area contributed by atoms with E-state index in [1.807, 2.05) is 4.90 Å². The van der Waals surface area contributed by atoms with Crippen LogP contribution in [0.4, 0.5) is 0 Å². The second-order valence-corrected chi connectivity index (χ2v) is 5.78. The number of carbonyl (C=O) groups excluding carboxylic acids is 2. The number of likely N-dealkylation sites (tertiary alicyclic amines) is 1. The van der Waals surface area contributed by atoms with E-state index in [9.17, 15) is 9.59 Å². The summed E-state index contributed by atoms with van der Waals surface area (Å²) in [5.74, 6) is 1.24. The molecular weight excluding hydrogens is 242 g/mol. The number of hydrogen-bond donors (Lipinski definition) is 2. The highest BCUT2D eigenvalue weighted by Crippen LogP contribution is 2.23. The Morgan fingerprint density at radius 3 is 2.47 bits per heavy atom. The van der Waals surface area contributed by atoms with Crippen molar-refractivity contribution in [3.63, 3.8) is 0 Å². The van der Waals surface area contributed by atoms with E-state index >= 15 is 0 Å². The summed E-state index contributed by atoms with van der Waals surface area (Å²) in [5.41, 5.74) is 5.18. The van der Waals surface area contributed by atoms with Gasteiger partial charge in [-0.1, -0.05) is 26.7 Å². The van der Waals surface area contributed by atoms with Gasteiger partial charge in [0.25, 0.3) is 0 Å². The molecule has 0 aromatic carbocycles. The summed E-state index contributed by atoms with van der Waals surface area (Å²) in [6.07, 6.45) is 4.71. The van der Waals surface area contributed by atoms with E-state index in [0.29, 0.717) is 0 Å². The molecule has 2 amide bonds. The van der Waals surface area contributed by atoms with Crippen LogP contribution in [0.1, 0.15) is 39.5 Å². The Morgan fingerprint density at radius 2 is 1.95 bits per heavy atom. The van der Waals surface area contributed by atoms with Crippen molar-refractivity contribution in [1.82, 2.24) is 10.2 Å². The highest BCUT2D eigenvalue weighted by atomic mass is 16.2. The van der Waals surface area contributed by atoms with Crippen LogP contribution in [0.2, 0.25) is 0 Å². The first-order chi connectivity index (χ1) is 9.02. The predicted molar refractivity (Wildman–Crippen MR) is 75.4 cm³/mol. The molecule has 1 fully saturated rings. The third kappa shape index (κ3) is 6.05. The monoisotopic (exact) mass is 269 g/mol. The van der Waals surface area contributed by atoms with Gasteiger partial charge >= 0.3 is 0 Å². The minimum atomic E-state index is -0.278. The molecule has 1 heterocycles. The first-order valence-corrected chi connectivity index (χ1v) is 7.27. The molecule has 3 N–H and O–H groups in total. The van der Waals surface area contributed by atoms with Crippen LogP contribution < -0.4 is 11.1 Å². The van der Waals surface area contributed by atoms with E-state index in [2.05, 4.69) is 19.2 Å². The molecule has 0 radical (unpaired) electrons. The minimum absolute atomic E-state index is 0.00381. The Kier molecular flexibility index (Phi) is 6.84. The van der Waals surface area contributed by atoms with Crippen LogP contribution in [0.15, 0.2) is 0 Å². The smallest absolute Gasteiger partial charge is 0.241 e. The molecule has 0 saturated carbocycles. The molecule has 0 spiro atoms. The quantitative estimate of drug-likeness (QED) is 0.746. The Hall–Kier alpha value is -1.10. The number of amides is 2. The third-order valence-electron chi connectivity index (χ3n) is 3.74. The molecule has 0 unspecified atom stereocenters. The summed E-state index contributed by atoms with van der Waals surface area (Å²) in [4.78, 5) is 24.7. The summed E-state index contributed by atoms with van der Waals surface area (Å²) in [6, 6.07) is 0. The maximum Gasteiger partial charge on any atom is 0.241 e. The number of hydrogen-bond acceptors (Lipinski definition) is 3. The number of nitrogens with zero attached hydrogens (tertiary/aromatic N) is 1. The zero-order valence-electron chi connectivity index (χ0n) is 12.2. The van der Waals surface area contributed by atoms with Gasteiger partial charge in [-0.2, -0.15) is 0 Å². The molecule has 5 nitrogen and oxygen atoms in total. The maximum atomic E-state index is 11.9. The first kappa shape index (κ1) is 16.0. The van der Waals surface area contributed by atoms with Crippen molar-refractivity contribution in [2.24, 2.45) is 17.6 Å².